The molecule has 2 aliphatic rings. The number of ketones is 1. The monoisotopic (exact) mass is 460 g/mol. The molecule has 0 radical (unpaired) electrons. The molecule has 1 atom stereocenters. The molecule has 5 rings (SSSR count). The Labute approximate surface area is 197 Å². The van der Waals surface area contributed by atoms with Crippen LogP contribution in [0.4, 0.5) is 11.6 Å². The van der Waals surface area contributed by atoms with Crippen LogP contribution < -0.4 is 15.6 Å². The molecule has 2 heterocycles. The Morgan fingerprint density at radius 2 is 1.82 bits per heavy atom. The highest BCUT2D eigenvalue weighted by Crippen LogP contribution is 2.47. The van der Waals surface area contributed by atoms with Crippen LogP contribution in [0.3, 0.4) is 0 Å². The van der Waals surface area contributed by atoms with Gasteiger partial charge in [-0.15, -0.1) is 0 Å². The molecular weight excluding hydrogens is 432 g/mol. The lowest BCUT2D eigenvalue weighted by Gasteiger charge is -2.46. The number of Topliss-reactive ketones (excluding diaryl/α,β-unsaturated/α-hetero) is 1. The van der Waals surface area contributed by atoms with E-state index in [1.165, 1.54) is 0 Å². The van der Waals surface area contributed by atoms with Gasteiger partial charge in [0.25, 0.3) is 0 Å². The van der Waals surface area contributed by atoms with Crippen LogP contribution >= 0.6 is 0 Å². The molecule has 0 amide bonds. The molecule has 2 fully saturated rings. The van der Waals surface area contributed by atoms with Gasteiger partial charge < -0.3 is 19.7 Å². The van der Waals surface area contributed by atoms with Crippen LogP contribution in [0, 0.1) is 12.3 Å². The van der Waals surface area contributed by atoms with Crippen molar-refractivity contribution in [1.29, 1.82) is 0 Å². The molecule has 3 aromatic rings. The summed E-state index contributed by atoms with van der Waals surface area (Å²) in [5, 5.41) is 13.3. The highest BCUT2D eigenvalue weighted by atomic mass is 16.4. The number of benzene rings is 2. The van der Waals surface area contributed by atoms with Gasteiger partial charge in [0, 0.05) is 43.2 Å². The zero-order chi connectivity index (χ0) is 24.0. The smallest absolute Gasteiger partial charge is 0.337 e. The van der Waals surface area contributed by atoms with Gasteiger partial charge in [-0.1, -0.05) is 18.2 Å². The number of piperidine rings is 1. The number of nitrogens with one attached hydrogen (secondary N) is 1. The number of nitrogens with zero attached hydrogens (tertiary/aromatic N) is 1. The fraction of sp³-hybridized carbons (Fsp3) is 0.370. The fourth-order valence-corrected chi connectivity index (χ4v) is 5.35. The second-order valence-corrected chi connectivity index (χ2v) is 9.78. The summed E-state index contributed by atoms with van der Waals surface area (Å²) in [7, 11) is 0. The third-order valence-corrected chi connectivity index (χ3v) is 7.26. The average molecular weight is 461 g/mol. The molecule has 0 bridgehead atoms. The molecule has 1 aliphatic heterocycles. The number of carboxylic acids is 1. The van der Waals surface area contributed by atoms with Gasteiger partial charge in [0.2, 0.25) is 0 Å². The van der Waals surface area contributed by atoms with E-state index >= 15 is 0 Å². The molecule has 34 heavy (non-hydrogen) atoms. The number of aromatic carboxylic acids is 1. The fourth-order valence-electron chi connectivity index (χ4n) is 5.35. The van der Waals surface area contributed by atoms with E-state index in [1.54, 1.807) is 30.3 Å². The number of para-hydroxylation sites is 1. The lowest BCUT2D eigenvalue weighted by Crippen LogP contribution is -2.47. The van der Waals surface area contributed by atoms with E-state index in [1.807, 2.05) is 26.0 Å². The summed E-state index contributed by atoms with van der Waals surface area (Å²) in [5.41, 5.74) is 2.98. The first-order chi connectivity index (χ1) is 16.2. The van der Waals surface area contributed by atoms with Crippen molar-refractivity contribution < 1.29 is 19.1 Å². The van der Waals surface area contributed by atoms with Crippen molar-refractivity contribution in [2.45, 2.75) is 45.6 Å². The van der Waals surface area contributed by atoms with E-state index in [0.29, 0.717) is 41.2 Å². The highest BCUT2D eigenvalue weighted by Gasteiger charge is 2.45. The highest BCUT2D eigenvalue weighted by molar-refractivity contribution is 5.94. The number of aryl methyl sites for hydroxylation is 1. The molecule has 1 saturated heterocycles. The van der Waals surface area contributed by atoms with Crippen molar-refractivity contribution in [3.05, 3.63) is 69.4 Å². The summed E-state index contributed by atoms with van der Waals surface area (Å²) in [6, 6.07) is 11.8. The minimum atomic E-state index is -1.01. The molecule has 1 unspecified atom stereocenters. The second-order valence-electron chi connectivity index (χ2n) is 9.78. The summed E-state index contributed by atoms with van der Waals surface area (Å²) in [6.07, 6.45) is 3.19. The van der Waals surface area contributed by atoms with Gasteiger partial charge in [-0.05, 0) is 55.9 Å². The lowest BCUT2D eigenvalue weighted by molar-refractivity contribution is -0.133. The Morgan fingerprint density at radius 3 is 2.50 bits per heavy atom. The average Bonchev–Trinajstić information content (AvgIpc) is 2.79. The first kappa shape index (κ1) is 22.2. The SMILES string of the molecule is Cc1cc(C(C)Nc2ccccc2C(=O)O)c2oc(N3CCC4(CC3)CC(=O)C4)cc(=O)c2c1. The third-order valence-electron chi connectivity index (χ3n) is 7.26. The largest absolute Gasteiger partial charge is 0.478 e. The van der Waals surface area contributed by atoms with Crippen LogP contribution in [-0.4, -0.2) is 29.9 Å². The number of carbonyl (C=O) groups excluding carboxylic acids is 1. The zero-order valence-electron chi connectivity index (χ0n) is 19.4. The maximum Gasteiger partial charge on any atom is 0.337 e. The molecule has 1 saturated carbocycles. The predicted octanol–water partition coefficient (Wildman–Crippen LogP) is 4.92. The van der Waals surface area contributed by atoms with E-state index in [-0.39, 0.29) is 22.4 Å². The van der Waals surface area contributed by atoms with Crippen molar-refractivity contribution >= 4 is 34.3 Å². The molecule has 1 spiro atoms. The number of rotatable bonds is 5. The zero-order valence-corrected chi connectivity index (χ0v) is 19.4. The van der Waals surface area contributed by atoms with Gasteiger partial charge in [0.05, 0.1) is 17.0 Å². The van der Waals surface area contributed by atoms with Crippen LogP contribution in [0.5, 0.6) is 0 Å². The van der Waals surface area contributed by atoms with E-state index in [9.17, 15) is 19.5 Å². The maximum atomic E-state index is 13.1. The minimum Gasteiger partial charge on any atom is -0.478 e. The first-order valence-electron chi connectivity index (χ1n) is 11.7. The molecular formula is C27H28N2O5. The molecule has 1 aromatic heterocycles. The summed E-state index contributed by atoms with van der Waals surface area (Å²) < 4.78 is 6.35. The number of anilines is 2. The van der Waals surface area contributed by atoms with Crippen molar-refractivity contribution in [3.63, 3.8) is 0 Å². The molecule has 2 N–H and O–H groups in total. The van der Waals surface area contributed by atoms with Crippen LogP contribution in [0.15, 0.2) is 51.7 Å². The molecule has 1 aliphatic carbocycles. The van der Waals surface area contributed by atoms with Crippen molar-refractivity contribution in [3.8, 4) is 0 Å². The van der Waals surface area contributed by atoms with Gasteiger partial charge in [0.1, 0.15) is 11.4 Å². The molecule has 2 aromatic carbocycles. The van der Waals surface area contributed by atoms with Gasteiger partial charge in [-0.25, -0.2) is 4.79 Å². The van der Waals surface area contributed by atoms with E-state index in [0.717, 1.165) is 37.1 Å². The number of fused-ring (bicyclic) bond motifs is 1. The number of carbonyl (C=O) groups is 2. The topological polar surface area (TPSA) is 99.8 Å². The Bertz CT molecular complexity index is 1340. The third kappa shape index (κ3) is 3.95. The lowest BCUT2D eigenvalue weighted by atomic mass is 9.62. The van der Waals surface area contributed by atoms with Crippen molar-refractivity contribution in [2.75, 3.05) is 23.3 Å². The molecule has 7 heteroatoms. The minimum absolute atomic E-state index is 0.0987. The van der Waals surface area contributed by atoms with Gasteiger partial charge in [-0.3, -0.25) is 9.59 Å². The standard InChI is InChI=1S/C27H28N2O5/c1-16-11-20(17(2)28-22-6-4-3-5-19(22)26(32)33)25-21(12-16)23(31)13-24(34-25)29-9-7-27(8-10-29)14-18(30)15-27/h3-6,11-13,17,28H,7-10,14-15H2,1-2H3,(H,32,33). The first-order valence-corrected chi connectivity index (χ1v) is 11.7. The van der Waals surface area contributed by atoms with Crippen LogP contribution in [-0.2, 0) is 4.79 Å². The second kappa shape index (κ2) is 8.31. The molecule has 7 nitrogen and oxygen atoms in total. The number of carboxylic acid groups (broad SMARTS) is 1. The number of hydrogen-bond acceptors (Lipinski definition) is 6. The van der Waals surface area contributed by atoms with Gasteiger partial charge in [-0.2, -0.15) is 0 Å². The Kier molecular flexibility index (Phi) is 5.42. The molecule has 176 valence electrons. The van der Waals surface area contributed by atoms with E-state index in [4.69, 9.17) is 4.42 Å². The quantitative estimate of drug-likeness (QED) is 0.557. The number of hydrogen-bond donors (Lipinski definition) is 2. The van der Waals surface area contributed by atoms with E-state index in [2.05, 4.69) is 10.2 Å². The van der Waals surface area contributed by atoms with Crippen LogP contribution in [0.2, 0.25) is 0 Å². The predicted molar refractivity (Wildman–Crippen MR) is 131 cm³/mol. The summed E-state index contributed by atoms with van der Waals surface area (Å²) in [4.78, 5) is 38.3. The Hall–Kier alpha value is -3.61. The Morgan fingerprint density at radius 1 is 1.12 bits per heavy atom. The normalized spacial score (nSPS) is 18.1. The van der Waals surface area contributed by atoms with Crippen LogP contribution in [0.25, 0.3) is 11.0 Å². The van der Waals surface area contributed by atoms with Crippen molar-refractivity contribution in [1.82, 2.24) is 0 Å². The Balaban J connectivity index is 1.49. The summed E-state index contributed by atoms with van der Waals surface area (Å²) in [5.74, 6) is -0.118. The van der Waals surface area contributed by atoms with Gasteiger partial charge >= 0.3 is 5.97 Å². The van der Waals surface area contributed by atoms with Crippen molar-refractivity contribution in [2.24, 2.45) is 5.41 Å². The maximum absolute atomic E-state index is 13.1. The van der Waals surface area contributed by atoms with E-state index < -0.39 is 5.97 Å². The summed E-state index contributed by atoms with van der Waals surface area (Å²) in [6.45, 7) is 5.36. The van der Waals surface area contributed by atoms with Crippen LogP contribution in [0.1, 0.15) is 60.1 Å². The summed E-state index contributed by atoms with van der Waals surface area (Å²) >= 11 is 0. The van der Waals surface area contributed by atoms with Gasteiger partial charge in [0.15, 0.2) is 11.3 Å².